The molecule has 3 N–H and O–H groups in total. The Morgan fingerprint density at radius 2 is 1.76 bits per heavy atom. The fourth-order valence-corrected chi connectivity index (χ4v) is 2.56. The summed E-state index contributed by atoms with van der Waals surface area (Å²) in [5.74, 6) is 0.000662. The molecule has 0 aliphatic rings. The van der Waals surface area contributed by atoms with Crippen molar-refractivity contribution in [1.29, 1.82) is 0 Å². The topological polar surface area (TPSA) is 55.1 Å². The van der Waals surface area contributed by atoms with Crippen molar-refractivity contribution in [1.82, 2.24) is 5.32 Å². The molecule has 110 valence electrons. The van der Waals surface area contributed by atoms with Gasteiger partial charge in [0, 0.05) is 5.69 Å². The maximum atomic E-state index is 12.5. The highest BCUT2D eigenvalue weighted by molar-refractivity contribution is 6.34. The Labute approximate surface area is 130 Å². The van der Waals surface area contributed by atoms with E-state index in [2.05, 4.69) is 19.2 Å². The molecular weight excluding hydrogens is 284 g/mol. The summed E-state index contributed by atoms with van der Waals surface area (Å²) in [4.78, 5) is 12.5. The second-order valence-corrected chi connectivity index (χ2v) is 5.72. The summed E-state index contributed by atoms with van der Waals surface area (Å²) in [6.45, 7) is 4.13. The third-order valence-electron chi connectivity index (χ3n) is 3.38. The first-order valence-corrected chi connectivity index (χ1v) is 7.28. The summed E-state index contributed by atoms with van der Waals surface area (Å²) in [6, 6.07) is 14.9. The van der Waals surface area contributed by atoms with Crippen molar-refractivity contribution in [2.45, 2.75) is 19.9 Å². The average molecular weight is 303 g/mol. The highest BCUT2D eigenvalue weighted by Gasteiger charge is 2.21. The Morgan fingerprint density at radius 1 is 1.10 bits per heavy atom. The van der Waals surface area contributed by atoms with Gasteiger partial charge in [-0.05, 0) is 23.6 Å². The third kappa shape index (κ3) is 3.56. The highest BCUT2D eigenvalue weighted by atomic mass is 35.5. The van der Waals surface area contributed by atoms with Crippen LogP contribution >= 0.6 is 11.6 Å². The minimum absolute atomic E-state index is 0.0885. The number of carbonyl (C=O) groups is 1. The molecule has 1 atom stereocenters. The molecule has 2 aromatic carbocycles. The molecule has 0 fully saturated rings. The van der Waals surface area contributed by atoms with Gasteiger partial charge in [0.05, 0.1) is 16.6 Å². The second kappa shape index (κ2) is 6.64. The zero-order valence-corrected chi connectivity index (χ0v) is 12.9. The summed E-state index contributed by atoms with van der Waals surface area (Å²) in [5, 5.41) is 3.39. The van der Waals surface area contributed by atoms with Crippen LogP contribution in [0.15, 0.2) is 48.5 Å². The van der Waals surface area contributed by atoms with Crippen LogP contribution < -0.4 is 11.1 Å². The number of amides is 1. The maximum absolute atomic E-state index is 12.5. The van der Waals surface area contributed by atoms with Crippen LogP contribution in [-0.2, 0) is 0 Å². The van der Waals surface area contributed by atoms with Gasteiger partial charge >= 0.3 is 0 Å². The number of rotatable bonds is 4. The van der Waals surface area contributed by atoms with Crippen LogP contribution in [0, 0.1) is 5.92 Å². The van der Waals surface area contributed by atoms with E-state index in [1.54, 1.807) is 18.2 Å². The molecule has 0 aliphatic carbocycles. The summed E-state index contributed by atoms with van der Waals surface area (Å²) in [6.07, 6.45) is 0. The molecule has 0 radical (unpaired) electrons. The first-order valence-electron chi connectivity index (χ1n) is 6.90. The largest absolute Gasteiger partial charge is 0.398 e. The molecule has 0 saturated carbocycles. The van der Waals surface area contributed by atoms with E-state index in [-0.39, 0.29) is 17.9 Å². The molecule has 0 saturated heterocycles. The molecule has 2 rings (SSSR count). The number of nitrogen functional groups attached to an aromatic ring is 1. The number of nitrogens with one attached hydrogen (secondary N) is 1. The number of nitrogens with two attached hydrogens (primary N) is 1. The quantitative estimate of drug-likeness (QED) is 0.837. The van der Waals surface area contributed by atoms with Crippen LogP contribution in [0.25, 0.3) is 0 Å². The van der Waals surface area contributed by atoms with Crippen molar-refractivity contribution in [2.75, 3.05) is 5.73 Å². The number of anilines is 1. The van der Waals surface area contributed by atoms with Crippen LogP contribution in [0.2, 0.25) is 5.02 Å². The Bertz CT molecular complexity index is 606. The molecular formula is C17H19ClN2O. The van der Waals surface area contributed by atoms with E-state index in [4.69, 9.17) is 17.3 Å². The fourth-order valence-electron chi connectivity index (χ4n) is 2.29. The maximum Gasteiger partial charge on any atom is 0.255 e. The van der Waals surface area contributed by atoms with Gasteiger partial charge in [-0.3, -0.25) is 4.79 Å². The normalized spacial score (nSPS) is 12.2. The molecule has 0 aromatic heterocycles. The SMILES string of the molecule is CC(C)C(NC(=O)c1c(N)cccc1Cl)c1ccccc1. The van der Waals surface area contributed by atoms with E-state index in [1.807, 2.05) is 30.3 Å². The Balaban J connectivity index is 2.28. The van der Waals surface area contributed by atoms with Gasteiger partial charge in [-0.2, -0.15) is 0 Å². The minimum atomic E-state index is -0.249. The second-order valence-electron chi connectivity index (χ2n) is 5.31. The van der Waals surface area contributed by atoms with Crippen molar-refractivity contribution < 1.29 is 4.79 Å². The summed E-state index contributed by atoms with van der Waals surface area (Å²) in [7, 11) is 0. The average Bonchev–Trinajstić information content (AvgIpc) is 2.45. The molecule has 0 aliphatic heterocycles. The van der Waals surface area contributed by atoms with Crippen molar-refractivity contribution in [3.8, 4) is 0 Å². The van der Waals surface area contributed by atoms with E-state index in [0.29, 0.717) is 16.3 Å². The number of hydrogen-bond acceptors (Lipinski definition) is 2. The molecule has 1 unspecified atom stereocenters. The van der Waals surface area contributed by atoms with Crippen molar-refractivity contribution in [3.05, 3.63) is 64.7 Å². The number of benzene rings is 2. The van der Waals surface area contributed by atoms with Crippen LogP contribution in [0.4, 0.5) is 5.69 Å². The van der Waals surface area contributed by atoms with E-state index >= 15 is 0 Å². The molecule has 1 amide bonds. The van der Waals surface area contributed by atoms with Crippen molar-refractivity contribution in [2.24, 2.45) is 5.92 Å². The lowest BCUT2D eigenvalue weighted by atomic mass is 9.95. The van der Waals surface area contributed by atoms with Crippen LogP contribution in [-0.4, -0.2) is 5.91 Å². The Morgan fingerprint density at radius 3 is 2.33 bits per heavy atom. The van der Waals surface area contributed by atoms with Gasteiger partial charge in [-0.15, -0.1) is 0 Å². The third-order valence-corrected chi connectivity index (χ3v) is 3.70. The molecule has 0 bridgehead atoms. The van der Waals surface area contributed by atoms with Crippen LogP contribution in [0.3, 0.4) is 0 Å². The lowest BCUT2D eigenvalue weighted by Gasteiger charge is -2.23. The first-order chi connectivity index (χ1) is 10.0. The van der Waals surface area contributed by atoms with Gasteiger partial charge in [-0.1, -0.05) is 61.8 Å². The van der Waals surface area contributed by atoms with Gasteiger partial charge in [-0.25, -0.2) is 0 Å². The smallest absolute Gasteiger partial charge is 0.255 e. The molecule has 2 aromatic rings. The monoisotopic (exact) mass is 302 g/mol. The molecule has 3 nitrogen and oxygen atoms in total. The zero-order chi connectivity index (χ0) is 15.4. The van der Waals surface area contributed by atoms with Gasteiger partial charge in [0.1, 0.15) is 0 Å². The Hall–Kier alpha value is -2.00. The first kappa shape index (κ1) is 15.4. The molecule has 0 heterocycles. The van der Waals surface area contributed by atoms with E-state index in [0.717, 1.165) is 5.56 Å². The van der Waals surface area contributed by atoms with Crippen LogP contribution in [0.5, 0.6) is 0 Å². The number of hydrogen-bond donors (Lipinski definition) is 2. The summed E-state index contributed by atoms with van der Waals surface area (Å²) in [5.41, 5.74) is 7.65. The molecule has 0 spiro atoms. The summed E-state index contributed by atoms with van der Waals surface area (Å²) < 4.78 is 0. The van der Waals surface area contributed by atoms with Crippen LogP contribution in [0.1, 0.15) is 35.8 Å². The Kier molecular flexibility index (Phi) is 4.86. The fraction of sp³-hybridized carbons (Fsp3) is 0.235. The lowest BCUT2D eigenvalue weighted by molar-refractivity contribution is 0.0926. The number of carbonyl (C=O) groups excluding carboxylic acids is 1. The van der Waals surface area contributed by atoms with Crippen molar-refractivity contribution >= 4 is 23.2 Å². The predicted octanol–water partition coefficient (Wildman–Crippen LogP) is 4.05. The number of halogens is 1. The minimum Gasteiger partial charge on any atom is -0.398 e. The molecule has 21 heavy (non-hydrogen) atoms. The summed E-state index contributed by atoms with van der Waals surface area (Å²) >= 11 is 6.09. The van der Waals surface area contributed by atoms with E-state index in [1.165, 1.54) is 0 Å². The standard InChI is InChI=1S/C17H19ClN2O/c1-11(2)16(12-7-4-3-5-8-12)20-17(21)15-13(18)9-6-10-14(15)19/h3-11,16H,19H2,1-2H3,(H,20,21). The lowest BCUT2D eigenvalue weighted by Crippen LogP contribution is -2.32. The predicted molar refractivity (Wildman–Crippen MR) is 87.4 cm³/mol. The van der Waals surface area contributed by atoms with E-state index in [9.17, 15) is 4.79 Å². The van der Waals surface area contributed by atoms with Gasteiger partial charge in [0.2, 0.25) is 0 Å². The highest BCUT2D eigenvalue weighted by Crippen LogP contribution is 2.25. The van der Waals surface area contributed by atoms with Gasteiger partial charge < -0.3 is 11.1 Å². The van der Waals surface area contributed by atoms with Gasteiger partial charge in [0.15, 0.2) is 0 Å². The van der Waals surface area contributed by atoms with E-state index < -0.39 is 0 Å². The molecule has 4 heteroatoms. The van der Waals surface area contributed by atoms with Gasteiger partial charge in [0.25, 0.3) is 5.91 Å². The zero-order valence-electron chi connectivity index (χ0n) is 12.1. The van der Waals surface area contributed by atoms with Crippen molar-refractivity contribution in [3.63, 3.8) is 0 Å².